The minimum Gasteiger partial charge on any atom is -0.490 e. The van der Waals surface area contributed by atoms with E-state index in [0.29, 0.717) is 19.1 Å². The Morgan fingerprint density at radius 2 is 1.94 bits per heavy atom. The van der Waals surface area contributed by atoms with Gasteiger partial charge in [0, 0.05) is 37.0 Å². The van der Waals surface area contributed by atoms with E-state index in [1.807, 2.05) is 42.0 Å². The number of aromatic nitrogens is 4. The van der Waals surface area contributed by atoms with Gasteiger partial charge in [-0.15, -0.1) is 0 Å². The van der Waals surface area contributed by atoms with Crippen LogP contribution in [0.2, 0.25) is 0 Å². The van der Waals surface area contributed by atoms with E-state index in [-0.39, 0.29) is 11.7 Å². The van der Waals surface area contributed by atoms with Crippen LogP contribution >= 0.6 is 0 Å². The van der Waals surface area contributed by atoms with E-state index in [4.69, 9.17) is 9.47 Å². The number of hydrogen-bond acceptors (Lipinski definition) is 6. The highest BCUT2D eigenvalue weighted by Gasteiger charge is 2.26. The fraction of sp³-hybridized carbons (Fsp3) is 0.444. The van der Waals surface area contributed by atoms with Crippen molar-refractivity contribution in [2.24, 2.45) is 7.05 Å². The monoisotopic (exact) mass is 473 g/mol. The fourth-order valence-corrected chi connectivity index (χ4v) is 5.42. The van der Waals surface area contributed by atoms with Crippen molar-refractivity contribution in [1.82, 2.24) is 24.0 Å². The van der Waals surface area contributed by atoms with Crippen LogP contribution in [0.15, 0.2) is 41.5 Å². The molecule has 8 nitrogen and oxygen atoms in total. The van der Waals surface area contributed by atoms with Gasteiger partial charge in [0.1, 0.15) is 12.4 Å². The second-order valence-corrected chi connectivity index (χ2v) is 9.69. The number of aryl methyl sites for hydroxylation is 1. The first-order valence-electron chi connectivity index (χ1n) is 12.6. The molecule has 0 spiro atoms. The first-order chi connectivity index (χ1) is 17.1. The van der Waals surface area contributed by atoms with E-state index < -0.39 is 0 Å². The molecular formula is C27H31N5O3. The molecule has 2 aliphatic rings. The van der Waals surface area contributed by atoms with Crippen LogP contribution in [0.3, 0.4) is 0 Å². The molecule has 1 saturated heterocycles. The molecule has 2 aliphatic heterocycles. The van der Waals surface area contributed by atoms with E-state index in [2.05, 4.69) is 14.9 Å². The maximum absolute atomic E-state index is 13.0. The highest BCUT2D eigenvalue weighted by atomic mass is 16.5. The predicted octanol–water partition coefficient (Wildman–Crippen LogP) is 4.16. The van der Waals surface area contributed by atoms with Crippen molar-refractivity contribution in [1.29, 1.82) is 0 Å². The Bertz CT molecular complexity index is 1430. The first-order valence-corrected chi connectivity index (χ1v) is 12.6. The number of rotatable bonds is 6. The molecule has 1 fully saturated rings. The average molecular weight is 474 g/mol. The van der Waals surface area contributed by atoms with Gasteiger partial charge in [-0.25, -0.2) is 9.78 Å². The fourth-order valence-electron chi connectivity index (χ4n) is 5.42. The lowest BCUT2D eigenvalue weighted by molar-refractivity contribution is 0.203. The summed E-state index contributed by atoms with van der Waals surface area (Å²) in [5, 5.41) is 0.875. The third-order valence-corrected chi connectivity index (χ3v) is 7.31. The van der Waals surface area contributed by atoms with E-state index >= 15 is 0 Å². The molecule has 1 aromatic carbocycles. The third kappa shape index (κ3) is 3.86. The topological polar surface area (TPSA) is 74.4 Å². The summed E-state index contributed by atoms with van der Waals surface area (Å²) in [6.07, 6.45) is 8.60. The van der Waals surface area contributed by atoms with Gasteiger partial charge in [-0.05, 0) is 57.5 Å². The lowest BCUT2D eigenvalue weighted by Crippen LogP contribution is -2.31. The molecular weight excluding hydrogens is 442 g/mol. The summed E-state index contributed by atoms with van der Waals surface area (Å²) in [6.45, 7) is 6.59. The van der Waals surface area contributed by atoms with Crippen molar-refractivity contribution in [2.75, 3.05) is 32.8 Å². The average Bonchev–Trinajstić information content (AvgIpc) is 3.05. The molecule has 0 unspecified atom stereocenters. The van der Waals surface area contributed by atoms with Gasteiger partial charge < -0.3 is 14.4 Å². The second kappa shape index (κ2) is 9.00. The largest absolute Gasteiger partial charge is 0.490 e. The van der Waals surface area contributed by atoms with Gasteiger partial charge in [-0.2, -0.15) is 0 Å². The Kier molecular flexibility index (Phi) is 5.68. The van der Waals surface area contributed by atoms with Gasteiger partial charge in [0.15, 0.2) is 0 Å². The maximum atomic E-state index is 13.0. The normalized spacial score (nSPS) is 18.2. The lowest BCUT2D eigenvalue weighted by atomic mass is 10.0. The van der Waals surface area contributed by atoms with Crippen LogP contribution in [-0.4, -0.2) is 56.9 Å². The van der Waals surface area contributed by atoms with Crippen molar-refractivity contribution in [2.45, 2.75) is 38.6 Å². The van der Waals surface area contributed by atoms with Gasteiger partial charge >= 0.3 is 5.69 Å². The van der Waals surface area contributed by atoms with Crippen molar-refractivity contribution in [3.8, 4) is 22.8 Å². The van der Waals surface area contributed by atoms with E-state index in [9.17, 15) is 4.79 Å². The molecule has 4 aromatic rings. The van der Waals surface area contributed by atoms with Crippen molar-refractivity contribution in [3.05, 3.63) is 47.1 Å². The third-order valence-electron chi connectivity index (χ3n) is 7.31. The Balaban J connectivity index is 1.28. The smallest absolute Gasteiger partial charge is 0.329 e. The second-order valence-electron chi connectivity index (χ2n) is 9.69. The van der Waals surface area contributed by atoms with Crippen LogP contribution in [0, 0.1) is 0 Å². The summed E-state index contributed by atoms with van der Waals surface area (Å²) >= 11 is 0. The number of nitrogens with zero attached hydrogens (tertiary/aromatic N) is 5. The summed E-state index contributed by atoms with van der Waals surface area (Å²) in [5.41, 5.74) is 4.33. The number of imidazole rings is 1. The molecule has 0 bridgehead atoms. The van der Waals surface area contributed by atoms with Gasteiger partial charge in [0.2, 0.25) is 5.88 Å². The molecule has 3 aromatic heterocycles. The minimum absolute atomic E-state index is 0.0490. The summed E-state index contributed by atoms with van der Waals surface area (Å²) in [7, 11) is 1.79. The molecule has 0 amide bonds. The highest BCUT2D eigenvalue weighted by Crippen LogP contribution is 2.42. The number of likely N-dealkylation sites (tertiary alicyclic amines) is 1. The molecule has 0 radical (unpaired) electrons. The molecule has 1 atom stereocenters. The standard InChI is InChI=1S/C27H31N5O3/c1-18-17-35-26-20(8-9-21-24(26)25-22(16-28-21)30(2)27(33)32(18)25)19-7-10-23(29-15-19)34-14-6-13-31-11-4-3-5-12-31/h7-10,15-16,18H,3-6,11-14,17H2,1-2H3/t18-/m0/s1. The SMILES string of the molecule is C[C@H]1COc2c(-c3ccc(OCCCN4CCCCC4)nc3)ccc3ncc4c(c23)n1c(=O)n4C. The first kappa shape index (κ1) is 22.1. The summed E-state index contributed by atoms with van der Waals surface area (Å²) in [6, 6.07) is 7.86. The number of hydrogen-bond donors (Lipinski definition) is 0. The van der Waals surface area contributed by atoms with Gasteiger partial charge in [0.05, 0.1) is 40.8 Å². The van der Waals surface area contributed by atoms with Crippen LogP contribution in [-0.2, 0) is 7.05 Å². The summed E-state index contributed by atoms with van der Waals surface area (Å²) in [4.78, 5) is 24.7. The Morgan fingerprint density at radius 3 is 2.74 bits per heavy atom. The highest BCUT2D eigenvalue weighted by molar-refractivity contribution is 6.09. The number of piperidine rings is 1. The summed E-state index contributed by atoms with van der Waals surface area (Å²) < 4.78 is 15.7. The van der Waals surface area contributed by atoms with Crippen LogP contribution < -0.4 is 15.2 Å². The predicted molar refractivity (Wildman–Crippen MR) is 136 cm³/mol. The van der Waals surface area contributed by atoms with Crippen LogP contribution in [0.4, 0.5) is 0 Å². The van der Waals surface area contributed by atoms with E-state index in [1.54, 1.807) is 17.8 Å². The van der Waals surface area contributed by atoms with Crippen LogP contribution in [0.5, 0.6) is 11.6 Å². The van der Waals surface area contributed by atoms with Gasteiger partial charge in [-0.1, -0.05) is 6.42 Å². The quantitative estimate of drug-likeness (QED) is 0.392. The molecule has 6 rings (SSSR count). The Morgan fingerprint density at radius 1 is 1.09 bits per heavy atom. The number of pyridine rings is 2. The van der Waals surface area contributed by atoms with Gasteiger partial charge in [0.25, 0.3) is 0 Å². The molecule has 0 saturated carbocycles. The Labute approximate surface area is 204 Å². The zero-order chi connectivity index (χ0) is 23.9. The van der Waals surface area contributed by atoms with Crippen LogP contribution in [0.1, 0.15) is 38.6 Å². The van der Waals surface area contributed by atoms with Crippen molar-refractivity contribution >= 4 is 21.9 Å². The molecule has 35 heavy (non-hydrogen) atoms. The zero-order valence-corrected chi connectivity index (χ0v) is 20.4. The number of benzene rings is 1. The molecule has 5 heterocycles. The lowest BCUT2D eigenvalue weighted by Gasteiger charge is -2.26. The van der Waals surface area contributed by atoms with Gasteiger partial charge in [-0.3, -0.25) is 14.1 Å². The summed E-state index contributed by atoms with van der Waals surface area (Å²) in [5.74, 6) is 1.39. The minimum atomic E-state index is -0.0871. The molecule has 0 aliphatic carbocycles. The van der Waals surface area contributed by atoms with E-state index in [0.717, 1.165) is 51.8 Å². The van der Waals surface area contributed by atoms with E-state index in [1.165, 1.54) is 32.4 Å². The van der Waals surface area contributed by atoms with Crippen LogP contribution in [0.25, 0.3) is 33.1 Å². The Hall–Kier alpha value is -3.39. The molecule has 182 valence electrons. The molecule has 8 heteroatoms. The van der Waals surface area contributed by atoms with Crippen molar-refractivity contribution in [3.63, 3.8) is 0 Å². The zero-order valence-electron chi connectivity index (χ0n) is 20.4. The maximum Gasteiger partial charge on any atom is 0.329 e. The molecule has 0 N–H and O–H groups in total. The number of ether oxygens (including phenoxy) is 2. The van der Waals surface area contributed by atoms with Crippen molar-refractivity contribution < 1.29 is 9.47 Å².